The minimum atomic E-state index is -0.795. The molecule has 1 aromatic carbocycles. The summed E-state index contributed by atoms with van der Waals surface area (Å²) in [6.45, 7) is 1.56. The lowest BCUT2D eigenvalue weighted by Crippen LogP contribution is -2.39. The van der Waals surface area contributed by atoms with Crippen molar-refractivity contribution in [2.24, 2.45) is 5.73 Å². The van der Waals surface area contributed by atoms with E-state index in [0.29, 0.717) is 6.54 Å². The monoisotopic (exact) mass is 332 g/mol. The number of nitrogens with zero attached hydrogens (tertiary/aromatic N) is 2. The number of urea groups is 1. The van der Waals surface area contributed by atoms with Gasteiger partial charge in [0, 0.05) is 13.0 Å². The van der Waals surface area contributed by atoms with Gasteiger partial charge in [-0.15, -0.1) is 11.3 Å². The molecular weight excluding hydrogens is 312 g/mol. The van der Waals surface area contributed by atoms with Crippen LogP contribution in [0.25, 0.3) is 10.2 Å². The second kappa shape index (κ2) is 7.06. The van der Waals surface area contributed by atoms with Gasteiger partial charge >= 0.3 is 6.03 Å². The number of piperidine rings is 1. The summed E-state index contributed by atoms with van der Waals surface area (Å²) in [4.78, 5) is 29.4. The van der Waals surface area contributed by atoms with Crippen LogP contribution in [0.3, 0.4) is 0 Å². The number of rotatable bonds is 4. The fourth-order valence-corrected chi connectivity index (χ4v) is 4.15. The second-order valence-electron chi connectivity index (χ2n) is 5.73. The van der Waals surface area contributed by atoms with Crippen molar-refractivity contribution >= 4 is 33.5 Å². The van der Waals surface area contributed by atoms with Gasteiger partial charge in [-0.2, -0.15) is 0 Å². The summed E-state index contributed by atoms with van der Waals surface area (Å²) >= 11 is 1.73. The highest BCUT2D eigenvalue weighted by Crippen LogP contribution is 2.35. The first-order chi connectivity index (χ1) is 11.1. The number of likely N-dealkylation sites (tertiary alicyclic amines) is 1. The van der Waals surface area contributed by atoms with Crippen LogP contribution in [0.15, 0.2) is 24.3 Å². The van der Waals surface area contributed by atoms with Gasteiger partial charge < -0.3 is 5.73 Å². The van der Waals surface area contributed by atoms with E-state index < -0.39 is 6.03 Å². The van der Waals surface area contributed by atoms with Crippen LogP contribution in [0.2, 0.25) is 0 Å². The molecule has 6 nitrogen and oxygen atoms in total. The third-order valence-electron chi connectivity index (χ3n) is 4.10. The molecule has 1 atom stereocenters. The summed E-state index contributed by atoms with van der Waals surface area (Å²) in [6.07, 6.45) is 3.62. The highest BCUT2D eigenvalue weighted by atomic mass is 32.1. The average molecular weight is 332 g/mol. The Morgan fingerprint density at radius 2 is 2.17 bits per heavy atom. The SMILES string of the molecule is NC(=O)NC(=O)CCN1CCCC[C@H]1c1nc2ccccc2s1. The van der Waals surface area contributed by atoms with E-state index in [1.54, 1.807) is 11.3 Å². The molecule has 0 saturated carbocycles. The number of fused-ring (bicyclic) bond motifs is 1. The zero-order chi connectivity index (χ0) is 16.2. The van der Waals surface area contributed by atoms with E-state index in [0.717, 1.165) is 29.9 Å². The molecule has 122 valence electrons. The van der Waals surface area contributed by atoms with Crippen LogP contribution in [-0.4, -0.2) is 34.9 Å². The summed E-state index contributed by atoms with van der Waals surface area (Å²) in [5, 5.41) is 3.23. The maximum atomic E-state index is 11.6. The smallest absolute Gasteiger partial charge is 0.318 e. The highest BCUT2D eigenvalue weighted by Gasteiger charge is 2.27. The number of hydrogen-bond acceptors (Lipinski definition) is 5. The van der Waals surface area contributed by atoms with E-state index in [-0.39, 0.29) is 18.4 Å². The van der Waals surface area contributed by atoms with Crippen molar-refractivity contribution in [3.63, 3.8) is 0 Å². The van der Waals surface area contributed by atoms with E-state index in [4.69, 9.17) is 10.7 Å². The molecule has 0 spiro atoms. The molecule has 1 aliphatic heterocycles. The summed E-state index contributed by atoms with van der Waals surface area (Å²) in [7, 11) is 0. The largest absolute Gasteiger partial charge is 0.351 e. The van der Waals surface area contributed by atoms with Gasteiger partial charge in [-0.3, -0.25) is 15.0 Å². The minimum absolute atomic E-state index is 0.252. The van der Waals surface area contributed by atoms with E-state index in [2.05, 4.69) is 16.3 Å². The standard InChI is InChI=1S/C16H20N4O2S/c17-16(22)19-14(21)8-10-20-9-4-3-6-12(20)15-18-11-5-1-2-7-13(11)23-15/h1-2,5,7,12H,3-4,6,8-10H2,(H3,17,19,21,22)/t12-/m0/s1. The number of primary amides is 1. The number of amides is 3. The number of nitrogens with one attached hydrogen (secondary N) is 1. The Kier molecular flexibility index (Phi) is 4.88. The quantitative estimate of drug-likeness (QED) is 0.900. The Balaban J connectivity index is 1.70. The number of para-hydroxylation sites is 1. The van der Waals surface area contributed by atoms with E-state index in [1.165, 1.54) is 11.1 Å². The fourth-order valence-electron chi connectivity index (χ4n) is 3.02. The van der Waals surface area contributed by atoms with E-state index in [9.17, 15) is 9.59 Å². The first-order valence-corrected chi connectivity index (χ1v) is 8.64. The summed E-state index contributed by atoms with van der Waals surface area (Å²) < 4.78 is 1.19. The third-order valence-corrected chi connectivity index (χ3v) is 5.24. The van der Waals surface area contributed by atoms with Crippen LogP contribution in [0.4, 0.5) is 4.79 Å². The van der Waals surface area contributed by atoms with Gasteiger partial charge in [0.2, 0.25) is 5.91 Å². The molecule has 1 aliphatic rings. The average Bonchev–Trinajstić information content (AvgIpc) is 2.96. The molecule has 0 aliphatic carbocycles. The molecule has 0 unspecified atom stereocenters. The molecule has 23 heavy (non-hydrogen) atoms. The second-order valence-corrected chi connectivity index (χ2v) is 6.79. The number of hydrogen-bond donors (Lipinski definition) is 2. The molecule has 2 heterocycles. The number of imide groups is 1. The Bertz CT molecular complexity index is 682. The molecule has 1 fully saturated rings. The van der Waals surface area contributed by atoms with E-state index in [1.807, 2.05) is 18.2 Å². The molecule has 1 saturated heterocycles. The van der Waals surface area contributed by atoms with Crippen molar-refractivity contribution in [3.8, 4) is 0 Å². The minimum Gasteiger partial charge on any atom is -0.351 e. The fraction of sp³-hybridized carbons (Fsp3) is 0.438. The molecule has 0 bridgehead atoms. The zero-order valence-electron chi connectivity index (χ0n) is 12.8. The summed E-state index contributed by atoms with van der Waals surface area (Å²) in [5.41, 5.74) is 6.00. The van der Waals surface area contributed by atoms with Gasteiger partial charge in [0.1, 0.15) is 5.01 Å². The number of thiazole rings is 1. The van der Waals surface area contributed by atoms with Crippen LogP contribution < -0.4 is 11.1 Å². The molecule has 2 aromatic rings. The molecule has 3 rings (SSSR count). The van der Waals surface area contributed by atoms with Gasteiger partial charge in [0.25, 0.3) is 0 Å². The Labute approximate surface area is 138 Å². The molecule has 7 heteroatoms. The number of nitrogens with two attached hydrogens (primary N) is 1. The van der Waals surface area contributed by atoms with Crippen LogP contribution in [0.1, 0.15) is 36.7 Å². The predicted octanol–water partition coefficient (Wildman–Crippen LogP) is 2.41. The van der Waals surface area contributed by atoms with Gasteiger partial charge in [0.05, 0.1) is 16.3 Å². The Morgan fingerprint density at radius 1 is 1.35 bits per heavy atom. The van der Waals surface area contributed by atoms with Crippen molar-refractivity contribution in [1.29, 1.82) is 0 Å². The van der Waals surface area contributed by atoms with Gasteiger partial charge in [-0.05, 0) is 31.5 Å². The molecule has 0 radical (unpaired) electrons. The van der Waals surface area contributed by atoms with E-state index >= 15 is 0 Å². The van der Waals surface area contributed by atoms with Crippen LogP contribution in [-0.2, 0) is 4.79 Å². The van der Waals surface area contributed by atoms with Crippen molar-refractivity contribution in [2.45, 2.75) is 31.7 Å². The summed E-state index contributed by atoms with van der Waals surface area (Å²) in [5.74, 6) is -0.328. The van der Waals surface area contributed by atoms with Crippen LogP contribution in [0.5, 0.6) is 0 Å². The van der Waals surface area contributed by atoms with Crippen LogP contribution >= 0.6 is 11.3 Å². The van der Waals surface area contributed by atoms with Crippen molar-refractivity contribution in [2.75, 3.05) is 13.1 Å². The molecule has 1 aromatic heterocycles. The van der Waals surface area contributed by atoms with Gasteiger partial charge in [-0.25, -0.2) is 9.78 Å². The Morgan fingerprint density at radius 3 is 2.96 bits per heavy atom. The normalized spacial score (nSPS) is 18.9. The third kappa shape index (κ3) is 3.86. The predicted molar refractivity (Wildman–Crippen MR) is 90.1 cm³/mol. The first-order valence-electron chi connectivity index (χ1n) is 7.82. The van der Waals surface area contributed by atoms with Crippen molar-refractivity contribution < 1.29 is 9.59 Å². The number of aromatic nitrogens is 1. The van der Waals surface area contributed by atoms with Crippen molar-refractivity contribution in [3.05, 3.63) is 29.3 Å². The van der Waals surface area contributed by atoms with Gasteiger partial charge in [0.15, 0.2) is 0 Å². The van der Waals surface area contributed by atoms with Crippen molar-refractivity contribution in [1.82, 2.24) is 15.2 Å². The number of carbonyl (C=O) groups is 2. The Hall–Kier alpha value is -1.99. The maximum absolute atomic E-state index is 11.6. The van der Waals surface area contributed by atoms with Crippen LogP contribution in [0, 0.1) is 0 Å². The molecule has 3 N–H and O–H groups in total. The maximum Gasteiger partial charge on any atom is 0.318 e. The first kappa shape index (κ1) is 15.9. The number of carbonyl (C=O) groups excluding carboxylic acids is 2. The lowest BCUT2D eigenvalue weighted by atomic mass is 10.0. The summed E-state index contributed by atoms with van der Waals surface area (Å²) in [6, 6.07) is 7.60. The zero-order valence-corrected chi connectivity index (χ0v) is 13.6. The topological polar surface area (TPSA) is 88.3 Å². The highest BCUT2D eigenvalue weighted by molar-refractivity contribution is 7.18. The molecule has 3 amide bonds. The van der Waals surface area contributed by atoms with Gasteiger partial charge in [-0.1, -0.05) is 18.6 Å². The lowest BCUT2D eigenvalue weighted by Gasteiger charge is -2.34. The number of benzene rings is 1. The molecular formula is C16H20N4O2S. The lowest BCUT2D eigenvalue weighted by molar-refractivity contribution is -0.120.